The van der Waals surface area contributed by atoms with Gasteiger partial charge in [0.05, 0.1) is 6.54 Å². The van der Waals surface area contributed by atoms with Crippen molar-refractivity contribution in [2.24, 2.45) is 11.7 Å². The molecule has 0 heterocycles. The number of amides is 3. The van der Waals surface area contributed by atoms with Gasteiger partial charge in [-0.05, 0) is 43.5 Å². The average Bonchev–Trinajstić information content (AvgIpc) is 3.31. The maximum absolute atomic E-state index is 11.9. The third-order valence-electron chi connectivity index (χ3n) is 3.48. The molecule has 24 heavy (non-hydrogen) atoms. The van der Waals surface area contributed by atoms with Crippen molar-refractivity contribution in [1.82, 2.24) is 10.6 Å². The molecule has 2 rings (SSSR count). The zero-order chi connectivity index (χ0) is 16.7. The van der Waals surface area contributed by atoms with Gasteiger partial charge in [0, 0.05) is 24.2 Å². The number of hydrogen-bond donors (Lipinski definition) is 4. The second-order valence-corrected chi connectivity index (χ2v) is 5.68. The Morgan fingerprint density at radius 3 is 2.62 bits per heavy atom. The fraction of sp³-hybridized carbons (Fsp3) is 0.438. The van der Waals surface area contributed by atoms with Gasteiger partial charge in [0.1, 0.15) is 0 Å². The molecule has 0 spiro atoms. The molecule has 0 atom stereocenters. The number of carbonyl (C=O) groups is 3. The van der Waals surface area contributed by atoms with E-state index in [1.807, 2.05) is 0 Å². The second-order valence-electron chi connectivity index (χ2n) is 5.68. The molecule has 7 nitrogen and oxygen atoms in total. The van der Waals surface area contributed by atoms with Gasteiger partial charge in [0.25, 0.3) is 5.91 Å². The predicted octanol–water partition coefficient (Wildman–Crippen LogP) is 0.652. The van der Waals surface area contributed by atoms with Gasteiger partial charge >= 0.3 is 0 Å². The van der Waals surface area contributed by atoms with Crippen LogP contribution < -0.4 is 21.7 Å². The Morgan fingerprint density at radius 1 is 1.21 bits per heavy atom. The fourth-order valence-corrected chi connectivity index (χ4v) is 2.06. The molecule has 1 aliphatic rings. The van der Waals surface area contributed by atoms with Crippen molar-refractivity contribution in [2.45, 2.75) is 19.3 Å². The SMILES string of the molecule is Cl.NC(=O)CCNC(=O)c1cccc(NC(=O)CNCC2CC2)c1. The van der Waals surface area contributed by atoms with Crippen LogP contribution in [0.25, 0.3) is 0 Å². The van der Waals surface area contributed by atoms with Crippen LogP contribution in [0, 0.1) is 5.92 Å². The van der Waals surface area contributed by atoms with E-state index in [9.17, 15) is 14.4 Å². The standard InChI is InChI=1S/C16H22N4O3.ClH/c17-14(21)6-7-19-16(23)12-2-1-3-13(8-12)20-15(22)10-18-9-11-4-5-11;/h1-3,8,11,18H,4-7,9-10H2,(H2,17,21)(H,19,23)(H,20,22);1H. The monoisotopic (exact) mass is 354 g/mol. The van der Waals surface area contributed by atoms with Crippen LogP contribution in [0.5, 0.6) is 0 Å². The molecule has 5 N–H and O–H groups in total. The molecule has 0 unspecified atom stereocenters. The Kier molecular flexibility index (Phi) is 8.21. The Hall–Kier alpha value is -2.12. The lowest BCUT2D eigenvalue weighted by Gasteiger charge is -2.08. The van der Waals surface area contributed by atoms with Crippen LogP contribution in [-0.2, 0) is 9.59 Å². The Bertz CT molecular complexity index is 590. The normalized spacial score (nSPS) is 12.8. The maximum Gasteiger partial charge on any atom is 0.251 e. The summed E-state index contributed by atoms with van der Waals surface area (Å²) in [5.41, 5.74) is 5.99. The maximum atomic E-state index is 11.9. The first-order valence-electron chi connectivity index (χ1n) is 7.71. The first-order chi connectivity index (χ1) is 11.0. The van der Waals surface area contributed by atoms with Crippen LogP contribution in [0.15, 0.2) is 24.3 Å². The summed E-state index contributed by atoms with van der Waals surface area (Å²) in [4.78, 5) is 34.4. The molecule has 8 heteroatoms. The van der Waals surface area contributed by atoms with Crippen LogP contribution in [0.2, 0.25) is 0 Å². The van der Waals surface area contributed by atoms with Gasteiger partial charge in [-0.2, -0.15) is 0 Å². The van der Waals surface area contributed by atoms with Gasteiger partial charge in [-0.25, -0.2) is 0 Å². The minimum atomic E-state index is -0.468. The van der Waals surface area contributed by atoms with Crippen LogP contribution in [-0.4, -0.2) is 37.4 Å². The minimum Gasteiger partial charge on any atom is -0.370 e. The summed E-state index contributed by atoms with van der Waals surface area (Å²) in [6.45, 7) is 1.32. The first-order valence-corrected chi connectivity index (χ1v) is 7.71. The number of benzene rings is 1. The second kappa shape index (κ2) is 9.89. The predicted molar refractivity (Wildman–Crippen MR) is 94.1 cm³/mol. The van der Waals surface area contributed by atoms with E-state index in [4.69, 9.17) is 5.73 Å². The number of halogens is 1. The van der Waals surface area contributed by atoms with Gasteiger partial charge in [-0.15, -0.1) is 12.4 Å². The van der Waals surface area contributed by atoms with Crippen LogP contribution >= 0.6 is 12.4 Å². The van der Waals surface area contributed by atoms with Gasteiger partial charge in [0.2, 0.25) is 11.8 Å². The summed E-state index contributed by atoms with van der Waals surface area (Å²) in [5.74, 6) is -0.202. The largest absolute Gasteiger partial charge is 0.370 e. The highest BCUT2D eigenvalue weighted by atomic mass is 35.5. The van der Waals surface area contributed by atoms with E-state index in [0.717, 1.165) is 12.5 Å². The first kappa shape index (κ1) is 19.9. The molecule has 3 amide bonds. The molecule has 132 valence electrons. The van der Waals surface area contributed by atoms with E-state index in [-0.39, 0.29) is 43.7 Å². The lowest BCUT2D eigenvalue weighted by molar-refractivity contribution is -0.118. The number of hydrogen-bond acceptors (Lipinski definition) is 4. The smallest absolute Gasteiger partial charge is 0.251 e. The number of carbonyl (C=O) groups excluding carboxylic acids is 3. The highest BCUT2D eigenvalue weighted by molar-refractivity contribution is 5.97. The summed E-state index contributed by atoms with van der Waals surface area (Å²) in [5, 5.41) is 8.46. The number of rotatable bonds is 9. The quantitative estimate of drug-likeness (QED) is 0.521. The van der Waals surface area contributed by atoms with Crippen molar-refractivity contribution in [1.29, 1.82) is 0 Å². The summed E-state index contributed by atoms with van der Waals surface area (Å²) in [6.07, 6.45) is 2.57. The van der Waals surface area contributed by atoms with Crippen molar-refractivity contribution in [3.63, 3.8) is 0 Å². The summed E-state index contributed by atoms with van der Waals surface area (Å²) in [7, 11) is 0. The van der Waals surface area contributed by atoms with Crippen LogP contribution in [0.4, 0.5) is 5.69 Å². The van der Waals surface area contributed by atoms with E-state index in [2.05, 4.69) is 16.0 Å². The molecule has 1 saturated carbocycles. The van der Waals surface area contributed by atoms with Crippen LogP contribution in [0.1, 0.15) is 29.6 Å². The molecule has 1 aromatic rings. The highest BCUT2D eigenvalue weighted by Gasteiger charge is 2.20. The van der Waals surface area contributed by atoms with Crippen molar-refractivity contribution in [2.75, 3.05) is 25.0 Å². The molecule has 0 saturated heterocycles. The van der Waals surface area contributed by atoms with E-state index in [1.165, 1.54) is 12.8 Å². The highest BCUT2D eigenvalue weighted by Crippen LogP contribution is 2.27. The fourth-order valence-electron chi connectivity index (χ4n) is 2.06. The number of anilines is 1. The summed E-state index contributed by atoms with van der Waals surface area (Å²) >= 11 is 0. The topological polar surface area (TPSA) is 113 Å². The summed E-state index contributed by atoms with van der Waals surface area (Å²) in [6, 6.07) is 6.65. The molecular formula is C16H23ClN4O3. The molecule has 1 aromatic carbocycles. The Balaban J connectivity index is 0.00000288. The minimum absolute atomic E-state index is 0. The van der Waals surface area contributed by atoms with Crippen LogP contribution in [0.3, 0.4) is 0 Å². The van der Waals surface area contributed by atoms with E-state index < -0.39 is 5.91 Å². The average molecular weight is 355 g/mol. The molecule has 0 aliphatic heterocycles. The van der Waals surface area contributed by atoms with E-state index >= 15 is 0 Å². The van der Waals surface area contributed by atoms with Gasteiger partial charge in [-0.3, -0.25) is 14.4 Å². The number of nitrogens with two attached hydrogens (primary N) is 1. The van der Waals surface area contributed by atoms with Gasteiger partial charge in [-0.1, -0.05) is 6.07 Å². The van der Waals surface area contributed by atoms with E-state index in [0.29, 0.717) is 11.3 Å². The molecule has 0 aromatic heterocycles. The zero-order valence-electron chi connectivity index (χ0n) is 13.3. The number of nitrogens with one attached hydrogen (secondary N) is 3. The zero-order valence-corrected chi connectivity index (χ0v) is 14.2. The summed E-state index contributed by atoms with van der Waals surface area (Å²) < 4.78 is 0. The molecule has 0 bridgehead atoms. The van der Waals surface area contributed by atoms with Crippen molar-refractivity contribution in [3.8, 4) is 0 Å². The number of primary amides is 1. The van der Waals surface area contributed by atoms with Crippen molar-refractivity contribution >= 4 is 35.8 Å². The van der Waals surface area contributed by atoms with Gasteiger partial charge in [0.15, 0.2) is 0 Å². The third-order valence-corrected chi connectivity index (χ3v) is 3.48. The van der Waals surface area contributed by atoms with E-state index in [1.54, 1.807) is 24.3 Å². The Labute approximate surface area is 147 Å². The van der Waals surface area contributed by atoms with Crippen molar-refractivity contribution < 1.29 is 14.4 Å². The Morgan fingerprint density at radius 2 is 1.96 bits per heavy atom. The molecule has 1 aliphatic carbocycles. The van der Waals surface area contributed by atoms with Crippen molar-refractivity contribution in [3.05, 3.63) is 29.8 Å². The molecule has 1 fully saturated rings. The molecule has 0 radical (unpaired) electrons. The lowest BCUT2D eigenvalue weighted by atomic mass is 10.2. The van der Waals surface area contributed by atoms with Gasteiger partial charge < -0.3 is 21.7 Å². The third kappa shape index (κ3) is 7.43. The molecular weight excluding hydrogens is 332 g/mol. The lowest BCUT2D eigenvalue weighted by Crippen LogP contribution is -2.30.